The molecule has 1 aliphatic carbocycles. The van der Waals surface area contributed by atoms with E-state index in [2.05, 4.69) is 66.0 Å². The second kappa shape index (κ2) is 5.69. The van der Waals surface area contributed by atoms with Crippen molar-refractivity contribution in [2.45, 2.75) is 33.2 Å². The van der Waals surface area contributed by atoms with Gasteiger partial charge >= 0.3 is 0 Å². The Labute approximate surface area is 134 Å². The van der Waals surface area contributed by atoms with Gasteiger partial charge in [-0.3, -0.25) is 0 Å². The van der Waals surface area contributed by atoms with Crippen LogP contribution in [0.25, 0.3) is 0 Å². The minimum atomic E-state index is 0.348. The zero-order valence-electron chi connectivity index (χ0n) is 14.5. The lowest BCUT2D eigenvalue weighted by molar-refractivity contribution is 0.356. The van der Waals surface area contributed by atoms with Crippen LogP contribution in [0.15, 0.2) is 12.4 Å². The van der Waals surface area contributed by atoms with Crippen molar-refractivity contribution in [3.8, 4) is 0 Å². The van der Waals surface area contributed by atoms with Gasteiger partial charge in [0.05, 0.1) is 0 Å². The highest BCUT2D eigenvalue weighted by Crippen LogP contribution is 2.48. The molecule has 0 bridgehead atoms. The Bertz CT molecular complexity index is 510. The first-order valence-electron chi connectivity index (χ1n) is 8.32. The monoisotopic (exact) mass is 303 g/mol. The average Bonchev–Trinajstić information content (AvgIpc) is 2.94. The zero-order chi connectivity index (χ0) is 15.9. The SMILES string of the molecule is CN(C)C1C2CN(c3cc(NCCC(C)(C)C)ncn3)CC21. The Balaban J connectivity index is 1.55. The van der Waals surface area contributed by atoms with Gasteiger partial charge in [-0.25, -0.2) is 9.97 Å². The minimum absolute atomic E-state index is 0.348. The number of hydrogen-bond acceptors (Lipinski definition) is 5. The minimum Gasteiger partial charge on any atom is -0.370 e. The van der Waals surface area contributed by atoms with Gasteiger partial charge in [-0.15, -0.1) is 0 Å². The van der Waals surface area contributed by atoms with E-state index in [4.69, 9.17) is 0 Å². The van der Waals surface area contributed by atoms with Crippen LogP contribution in [0.5, 0.6) is 0 Å². The summed E-state index contributed by atoms with van der Waals surface area (Å²) in [4.78, 5) is 13.6. The normalized spacial score (nSPS) is 27.2. The van der Waals surface area contributed by atoms with Crippen molar-refractivity contribution in [2.75, 3.05) is 43.9 Å². The molecular formula is C17H29N5. The lowest BCUT2D eigenvalue weighted by Gasteiger charge is -2.23. The van der Waals surface area contributed by atoms with E-state index in [1.165, 1.54) is 0 Å². The number of piperidine rings is 1. The third-order valence-corrected chi connectivity index (χ3v) is 4.90. The van der Waals surface area contributed by atoms with Crippen molar-refractivity contribution < 1.29 is 0 Å². The lowest BCUT2D eigenvalue weighted by Crippen LogP contribution is -2.31. The van der Waals surface area contributed by atoms with Gasteiger partial charge in [-0.05, 0) is 37.8 Å². The van der Waals surface area contributed by atoms with Crippen molar-refractivity contribution in [3.05, 3.63) is 12.4 Å². The van der Waals surface area contributed by atoms with Crippen molar-refractivity contribution in [1.29, 1.82) is 0 Å². The molecule has 3 rings (SSSR count). The summed E-state index contributed by atoms with van der Waals surface area (Å²) in [7, 11) is 4.38. The summed E-state index contributed by atoms with van der Waals surface area (Å²) in [6.07, 6.45) is 2.81. The first-order chi connectivity index (χ1) is 10.3. The average molecular weight is 303 g/mol. The maximum absolute atomic E-state index is 4.46. The van der Waals surface area contributed by atoms with Gasteiger partial charge in [-0.2, -0.15) is 0 Å². The highest BCUT2D eigenvalue weighted by molar-refractivity contribution is 5.50. The van der Waals surface area contributed by atoms with Crippen LogP contribution in [-0.4, -0.2) is 54.6 Å². The summed E-state index contributed by atoms with van der Waals surface area (Å²) in [5.74, 6) is 3.65. The van der Waals surface area contributed by atoms with Crippen LogP contribution in [-0.2, 0) is 0 Å². The van der Waals surface area contributed by atoms with Crippen LogP contribution in [0.1, 0.15) is 27.2 Å². The Hall–Kier alpha value is -1.36. The standard InChI is InChI=1S/C17H29N5/c1-17(2,3)6-7-18-14-8-15(20-11-19-14)22-9-12-13(10-22)16(12)21(4)5/h8,11-13,16H,6-7,9-10H2,1-5H3,(H,18,19,20). The number of nitrogens with zero attached hydrogens (tertiary/aromatic N) is 4. The van der Waals surface area contributed by atoms with Gasteiger partial charge in [0.2, 0.25) is 0 Å². The van der Waals surface area contributed by atoms with Crippen LogP contribution in [0, 0.1) is 17.3 Å². The van der Waals surface area contributed by atoms with E-state index in [1.807, 2.05) is 0 Å². The Morgan fingerprint density at radius 3 is 2.50 bits per heavy atom. The summed E-state index contributed by atoms with van der Waals surface area (Å²) >= 11 is 0. The molecule has 5 heteroatoms. The fourth-order valence-corrected chi connectivity index (χ4v) is 3.63. The molecule has 5 nitrogen and oxygen atoms in total. The second-order valence-electron chi connectivity index (χ2n) is 8.19. The maximum Gasteiger partial charge on any atom is 0.134 e. The molecule has 0 radical (unpaired) electrons. The van der Waals surface area contributed by atoms with Crippen LogP contribution in [0.4, 0.5) is 11.6 Å². The van der Waals surface area contributed by atoms with Gasteiger partial charge in [0.1, 0.15) is 18.0 Å². The number of rotatable bonds is 5. The summed E-state index contributed by atoms with van der Waals surface area (Å²) in [6, 6.07) is 2.88. The topological polar surface area (TPSA) is 44.3 Å². The van der Waals surface area contributed by atoms with Crippen LogP contribution < -0.4 is 10.2 Å². The fourth-order valence-electron chi connectivity index (χ4n) is 3.63. The molecule has 2 atom stereocenters. The van der Waals surface area contributed by atoms with Gasteiger partial charge in [-0.1, -0.05) is 20.8 Å². The largest absolute Gasteiger partial charge is 0.370 e. The zero-order valence-corrected chi connectivity index (χ0v) is 14.5. The maximum atomic E-state index is 4.46. The molecular weight excluding hydrogens is 274 g/mol. The molecule has 1 N–H and O–H groups in total. The Morgan fingerprint density at radius 1 is 1.23 bits per heavy atom. The van der Waals surface area contributed by atoms with Gasteiger partial charge in [0, 0.05) is 31.7 Å². The van der Waals surface area contributed by atoms with Crippen molar-refractivity contribution in [3.63, 3.8) is 0 Å². The van der Waals surface area contributed by atoms with Crippen molar-refractivity contribution in [1.82, 2.24) is 14.9 Å². The first-order valence-corrected chi connectivity index (χ1v) is 8.32. The summed E-state index contributed by atoms with van der Waals surface area (Å²) in [5, 5.41) is 3.43. The molecule has 1 aromatic heterocycles. The number of anilines is 2. The first kappa shape index (κ1) is 15.5. The highest BCUT2D eigenvalue weighted by atomic mass is 15.3. The van der Waals surface area contributed by atoms with E-state index in [0.29, 0.717) is 5.41 Å². The predicted octanol–water partition coefficient (Wildman–Crippen LogP) is 2.32. The van der Waals surface area contributed by atoms with Crippen LogP contribution >= 0.6 is 0 Å². The van der Waals surface area contributed by atoms with E-state index < -0.39 is 0 Å². The van der Waals surface area contributed by atoms with Crippen molar-refractivity contribution in [2.24, 2.45) is 17.3 Å². The third-order valence-electron chi connectivity index (χ3n) is 4.90. The molecule has 1 aliphatic heterocycles. The summed E-state index contributed by atoms with van der Waals surface area (Å²) < 4.78 is 0. The second-order valence-corrected chi connectivity index (χ2v) is 8.19. The molecule has 2 heterocycles. The molecule has 2 fully saturated rings. The number of aromatic nitrogens is 2. The number of hydrogen-bond donors (Lipinski definition) is 1. The molecule has 22 heavy (non-hydrogen) atoms. The van der Waals surface area contributed by atoms with Crippen LogP contribution in [0.2, 0.25) is 0 Å². The van der Waals surface area contributed by atoms with Gasteiger partial charge in [0.25, 0.3) is 0 Å². The molecule has 0 spiro atoms. The Morgan fingerprint density at radius 2 is 1.91 bits per heavy atom. The number of nitrogens with one attached hydrogen (secondary N) is 1. The van der Waals surface area contributed by atoms with Gasteiger partial charge < -0.3 is 15.1 Å². The molecule has 1 saturated carbocycles. The van der Waals surface area contributed by atoms with Crippen molar-refractivity contribution >= 4 is 11.6 Å². The van der Waals surface area contributed by atoms with Gasteiger partial charge in [0.15, 0.2) is 0 Å². The smallest absolute Gasteiger partial charge is 0.134 e. The number of fused-ring (bicyclic) bond motifs is 1. The molecule has 1 saturated heterocycles. The highest BCUT2D eigenvalue weighted by Gasteiger charge is 2.56. The van der Waals surface area contributed by atoms with E-state index in [0.717, 1.165) is 55.6 Å². The van der Waals surface area contributed by atoms with E-state index in [-0.39, 0.29) is 0 Å². The Kier molecular flexibility index (Phi) is 4.02. The molecule has 0 aromatic carbocycles. The third kappa shape index (κ3) is 3.35. The quantitative estimate of drug-likeness (QED) is 0.904. The summed E-state index contributed by atoms with van der Waals surface area (Å²) in [5.41, 5.74) is 0.348. The van der Waals surface area contributed by atoms with E-state index in [1.54, 1.807) is 6.33 Å². The lowest BCUT2D eigenvalue weighted by atomic mass is 9.92. The summed E-state index contributed by atoms with van der Waals surface area (Å²) in [6.45, 7) is 10.00. The molecule has 1 aromatic rings. The van der Waals surface area contributed by atoms with Crippen LogP contribution in [0.3, 0.4) is 0 Å². The molecule has 0 amide bonds. The molecule has 122 valence electrons. The predicted molar refractivity (Wildman–Crippen MR) is 91.3 cm³/mol. The molecule has 2 unspecified atom stereocenters. The van der Waals surface area contributed by atoms with E-state index in [9.17, 15) is 0 Å². The fraction of sp³-hybridized carbons (Fsp3) is 0.765. The molecule has 2 aliphatic rings. The van der Waals surface area contributed by atoms with E-state index >= 15 is 0 Å².